The number of likely N-dealkylation sites (N-methyl/N-ethyl adjacent to an activating group) is 1. The molecular weight excluding hydrogens is 284 g/mol. The lowest BCUT2D eigenvalue weighted by molar-refractivity contribution is -0.131. The second-order valence-corrected chi connectivity index (χ2v) is 7.86. The minimum atomic E-state index is 0.257. The van der Waals surface area contributed by atoms with E-state index in [1.807, 2.05) is 11.9 Å². The van der Waals surface area contributed by atoms with E-state index in [9.17, 15) is 4.79 Å². The fraction of sp³-hybridized carbons (Fsp3) is 0.650. The number of benzene rings is 1. The van der Waals surface area contributed by atoms with E-state index in [1.54, 1.807) is 0 Å². The van der Waals surface area contributed by atoms with Gasteiger partial charge in [0.1, 0.15) is 0 Å². The van der Waals surface area contributed by atoms with E-state index in [4.69, 9.17) is 0 Å². The molecule has 3 heteroatoms. The van der Waals surface area contributed by atoms with Crippen LogP contribution in [0.3, 0.4) is 0 Å². The van der Waals surface area contributed by atoms with Crippen molar-refractivity contribution in [1.29, 1.82) is 0 Å². The maximum absolute atomic E-state index is 12.6. The number of rotatable bonds is 5. The lowest BCUT2D eigenvalue weighted by Crippen LogP contribution is -2.49. The van der Waals surface area contributed by atoms with Gasteiger partial charge in [0, 0.05) is 25.2 Å². The van der Waals surface area contributed by atoms with E-state index in [-0.39, 0.29) is 5.91 Å². The number of fused-ring (bicyclic) bond motifs is 2. The zero-order valence-electron chi connectivity index (χ0n) is 14.7. The van der Waals surface area contributed by atoms with Crippen molar-refractivity contribution in [3.05, 3.63) is 35.4 Å². The van der Waals surface area contributed by atoms with Crippen LogP contribution in [0.4, 0.5) is 0 Å². The largest absolute Gasteiger partial charge is 0.342 e. The number of carbonyl (C=O) groups excluding carboxylic acids is 1. The molecule has 2 bridgehead atoms. The van der Waals surface area contributed by atoms with E-state index >= 15 is 0 Å². The van der Waals surface area contributed by atoms with Gasteiger partial charge in [-0.1, -0.05) is 38.1 Å². The van der Waals surface area contributed by atoms with Crippen molar-refractivity contribution in [3.8, 4) is 0 Å². The van der Waals surface area contributed by atoms with E-state index in [0.717, 1.165) is 24.8 Å². The van der Waals surface area contributed by atoms with Gasteiger partial charge in [0.05, 0.1) is 6.42 Å². The molecule has 3 rings (SSSR count). The Labute approximate surface area is 140 Å². The Hall–Kier alpha value is -1.35. The zero-order valence-corrected chi connectivity index (χ0v) is 14.7. The smallest absolute Gasteiger partial charge is 0.226 e. The highest BCUT2D eigenvalue weighted by molar-refractivity contribution is 5.78. The second-order valence-electron chi connectivity index (χ2n) is 7.86. The summed E-state index contributed by atoms with van der Waals surface area (Å²) in [6, 6.07) is 10.3. The molecule has 0 spiro atoms. The molecule has 0 aromatic heterocycles. The molecule has 2 aliphatic heterocycles. The normalized spacial score (nSPS) is 26.5. The summed E-state index contributed by atoms with van der Waals surface area (Å²) in [5.41, 5.74) is 2.49. The van der Waals surface area contributed by atoms with E-state index in [1.165, 1.54) is 18.4 Å². The summed E-state index contributed by atoms with van der Waals surface area (Å²) in [7, 11) is 1.99. The second kappa shape index (κ2) is 7.04. The minimum absolute atomic E-state index is 0.257. The average Bonchev–Trinajstić information content (AvgIpc) is 2.86. The predicted octanol–water partition coefficient (Wildman–Crippen LogP) is 3.17. The van der Waals surface area contributed by atoms with Gasteiger partial charge in [-0.3, -0.25) is 4.79 Å². The van der Waals surface area contributed by atoms with Crippen LogP contribution in [-0.2, 0) is 17.6 Å². The molecule has 126 valence electrons. The molecule has 1 N–H and O–H groups in total. The van der Waals surface area contributed by atoms with Crippen molar-refractivity contribution < 1.29 is 4.79 Å². The molecule has 2 atom stereocenters. The lowest BCUT2D eigenvalue weighted by atomic mass is 9.97. The van der Waals surface area contributed by atoms with Gasteiger partial charge in [-0.05, 0) is 49.1 Å². The highest BCUT2D eigenvalue weighted by Gasteiger charge is 2.36. The molecule has 2 heterocycles. The first kappa shape index (κ1) is 16.5. The standard InChI is InChI=1S/C20H30N2O/c1-14(2)10-15-4-6-16(7-5-15)11-20(23)22(3)19-12-17-8-9-18(13-19)21-17/h4-7,14,17-19,21H,8-13H2,1-3H3. The number of hydrogen-bond acceptors (Lipinski definition) is 2. The number of carbonyl (C=O) groups is 1. The van der Waals surface area contributed by atoms with Gasteiger partial charge in [-0.25, -0.2) is 0 Å². The molecule has 23 heavy (non-hydrogen) atoms. The predicted molar refractivity (Wildman–Crippen MR) is 94.4 cm³/mol. The van der Waals surface area contributed by atoms with Gasteiger partial charge < -0.3 is 10.2 Å². The summed E-state index contributed by atoms with van der Waals surface area (Å²) in [5.74, 6) is 0.928. The van der Waals surface area contributed by atoms with E-state index < -0.39 is 0 Å². The van der Waals surface area contributed by atoms with Crippen LogP contribution in [0.15, 0.2) is 24.3 Å². The molecule has 1 aromatic rings. The Balaban J connectivity index is 1.55. The maximum Gasteiger partial charge on any atom is 0.226 e. The molecule has 0 aliphatic carbocycles. The van der Waals surface area contributed by atoms with Crippen molar-refractivity contribution in [2.75, 3.05) is 7.05 Å². The number of nitrogens with one attached hydrogen (secondary N) is 1. The average molecular weight is 314 g/mol. The van der Waals surface area contributed by atoms with Crippen LogP contribution in [0.25, 0.3) is 0 Å². The zero-order chi connectivity index (χ0) is 16.4. The summed E-state index contributed by atoms with van der Waals surface area (Å²) < 4.78 is 0. The molecular formula is C20H30N2O. The third kappa shape index (κ3) is 4.14. The first-order valence-corrected chi connectivity index (χ1v) is 9.10. The molecule has 0 radical (unpaired) electrons. The van der Waals surface area contributed by atoms with Crippen LogP contribution in [-0.4, -0.2) is 36.0 Å². The van der Waals surface area contributed by atoms with Gasteiger partial charge >= 0.3 is 0 Å². The van der Waals surface area contributed by atoms with Gasteiger partial charge in [0.2, 0.25) is 5.91 Å². The molecule has 2 aliphatic rings. The van der Waals surface area contributed by atoms with Crippen LogP contribution in [0, 0.1) is 5.92 Å². The summed E-state index contributed by atoms with van der Waals surface area (Å²) in [4.78, 5) is 14.6. The van der Waals surface area contributed by atoms with Crippen molar-refractivity contribution in [2.24, 2.45) is 5.92 Å². The van der Waals surface area contributed by atoms with Gasteiger partial charge in [-0.2, -0.15) is 0 Å². The van der Waals surface area contributed by atoms with Gasteiger partial charge in [0.15, 0.2) is 0 Å². The van der Waals surface area contributed by atoms with Crippen LogP contribution >= 0.6 is 0 Å². The highest BCUT2D eigenvalue weighted by Crippen LogP contribution is 2.29. The fourth-order valence-corrected chi connectivity index (χ4v) is 4.11. The SMILES string of the molecule is CC(C)Cc1ccc(CC(=O)N(C)C2CC3CCC(C2)N3)cc1. The number of hydrogen-bond donors (Lipinski definition) is 1. The molecule has 2 fully saturated rings. The summed E-state index contributed by atoms with van der Waals surface area (Å²) >= 11 is 0. The van der Waals surface area contributed by atoms with E-state index in [2.05, 4.69) is 43.4 Å². The maximum atomic E-state index is 12.6. The fourth-order valence-electron chi connectivity index (χ4n) is 4.11. The Morgan fingerprint density at radius 3 is 2.26 bits per heavy atom. The highest BCUT2D eigenvalue weighted by atomic mass is 16.2. The Kier molecular flexibility index (Phi) is 5.05. The van der Waals surface area contributed by atoms with Crippen LogP contribution in [0.2, 0.25) is 0 Å². The molecule has 3 nitrogen and oxygen atoms in total. The topological polar surface area (TPSA) is 32.3 Å². The molecule has 1 amide bonds. The third-order valence-corrected chi connectivity index (χ3v) is 5.41. The number of amides is 1. The van der Waals surface area contributed by atoms with Crippen molar-refractivity contribution in [3.63, 3.8) is 0 Å². The quantitative estimate of drug-likeness (QED) is 0.905. The van der Waals surface area contributed by atoms with Crippen LogP contribution < -0.4 is 5.32 Å². The Morgan fingerprint density at radius 2 is 1.70 bits per heavy atom. The van der Waals surface area contributed by atoms with E-state index in [0.29, 0.717) is 30.5 Å². The molecule has 0 saturated carbocycles. The molecule has 1 aromatic carbocycles. The van der Waals surface area contributed by atoms with Gasteiger partial charge in [-0.15, -0.1) is 0 Å². The summed E-state index contributed by atoms with van der Waals surface area (Å²) in [6.07, 6.45) is 6.42. The molecule has 2 unspecified atom stereocenters. The number of nitrogens with zero attached hydrogens (tertiary/aromatic N) is 1. The third-order valence-electron chi connectivity index (χ3n) is 5.41. The Morgan fingerprint density at radius 1 is 1.13 bits per heavy atom. The van der Waals surface area contributed by atoms with Gasteiger partial charge in [0.25, 0.3) is 0 Å². The van der Waals surface area contributed by atoms with Crippen molar-refractivity contribution in [1.82, 2.24) is 10.2 Å². The molecule has 2 saturated heterocycles. The van der Waals surface area contributed by atoms with Crippen LogP contribution in [0.1, 0.15) is 50.7 Å². The lowest BCUT2D eigenvalue weighted by Gasteiger charge is -2.35. The summed E-state index contributed by atoms with van der Waals surface area (Å²) in [6.45, 7) is 4.47. The monoisotopic (exact) mass is 314 g/mol. The number of piperidine rings is 1. The van der Waals surface area contributed by atoms with Crippen LogP contribution in [0.5, 0.6) is 0 Å². The minimum Gasteiger partial charge on any atom is -0.342 e. The Bertz CT molecular complexity index is 525. The first-order valence-electron chi connectivity index (χ1n) is 9.10. The summed E-state index contributed by atoms with van der Waals surface area (Å²) in [5, 5.41) is 3.65. The first-order chi connectivity index (χ1) is 11.0. The van der Waals surface area contributed by atoms with Crippen molar-refractivity contribution >= 4 is 5.91 Å². The van der Waals surface area contributed by atoms with Crippen molar-refractivity contribution in [2.45, 2.75) is 70.5 Å².